The van der Waals surface area contributed by atoms with Crippen molar-refractivity contribution in [2.45, 2.75) is 0 Å². The Balaban J connectivity index is 1.86. The summed E-state index contributed by atoms with van der Waals surface area (Å²) in [5, 5.41) is 21.5. The first-order chi connectivity index (χ1) is 14.6. The molecule has 0 atom stereocenters. The van der Waals surface area contributed by atoms with Crippen LogP contribution in [0.4, 0.5) is 11.4 Å². The van der Waals surface area contributed by atoms with Gasteiger partial charge in [0.2, 0.25) is 0 Å². The summed E-state index contributed by atoms with van der Waals surface area (Å²) >= 11 is 6.13. The molecule has 152 valence electrons. The molecule has 0 radical (unpaired) electrons. The maximum Gasteiger partial charge on any atom is 0.266 e. The number of benzene rings is 2. The van der Waals surface area contributed by atoms with E-state index >= 15 is 0 Å². The standard InChI is InChI=1S/C22H19ClN4O3/c23-18-5-6-20(27-8-11-29-12-9-27)19(14-18)26-22(28)17(15-25)13-16-3-1-2-4-21(16)30-10-7-24/h1-6,13-14H,8-12H2,(H,26,28)/b17-13+. The van der Waals surface area contributed by atoms with Gasteiger partial charge in [0.15, 0.2) is 6.61 Å². The van der Waals surface area contributed by atoms with Crippen molar-refractivity contribution in [2.24, 2.45) is 0 Å². The number of para-hydroxylation sites is 1. The molecule has 0 aromatic heterocycles. The molecule has 1 saturated heterocycles. The summed E-state index contributed by atoms with van der Waals surface area (Å²) in [6.45, 7) is 2.44. The fourth-order valence-electron chi connectivity index (χ4n) is 3.02. The molecule has 2 aromatic rings. The number of hydrogen-bond acceptors (Lipinski definition) is 6. The van der Waals surface area contributed by atoms with Gasteiger partial charge in [-0.05, 0) is 30.3 Å². The highest BCUT2D eigenvalue weighted by Crippen LogP contribution is 2.30. The topological polar surface area (TPSA) is 98.4 Å². The molecule has 0 unspecified atom stereocenters. The van der Waals surface area contributed by atoms with Crippen molar-refractivity contribution < 1.29 is 14.3 Å². The Hall–Kier alpha value is -3.52. The van der Waals surface area contributed by atoms with Crippen molar-refractivity contribution in [2.75, 3.05) is 43.1 Å². The molecule has 0 aliphatic carbocycles. The number of morpholine rings is 1. The van der Waals surface area contributed by atoms with Crippen LogP contribution in [0.25, 0.3) is 6.08 Å². The molecule has 7 nitrogen and oxygen atoms in total. The maximum atomic E-state index is 12.8. The summed E-state index contributed by atoms with van der Waals surface area (Å²) < 4.78 is 10.7. The third-order valence-electron chi connectivity index (χ3n) is 4.43. The summed E-state index contributed by atoms with van der Waals surface area (Å²) in [6.07, 6.45) is 1.43. The average molecular weight is 423 g/mol. The average Bonchev–Trinajstić information content (AvgIpc) is 2.77. The second kappa shape index (κ2) is 10.3. The smallest absolute Gasteiger partial charge is 0.266 e. The Bertz CT molecular complexity index is 1030. The first-order valence-corrected chi connectivity index (χ1v) is 9.64. The van der Waals surface area contributed by atoms with Crippen molar-refractivity contribution in [1.82, 2.24) is 0 Å². The lowest BCUT2D eigenvalue weighted by atomic mass is 10.1. The van der Waals surface area contributed by atoms with Crippen LogP contribution in [0, 0.1) is 22.7 Å². The zero-order valence-corrected chi connectivity index (χ0v) is 16.9. The van der Waals surface area contributed by atoms with Gasteiger partial charge < -0.3 is 19.7 Å². The lowest BCUT2D eigenvalue weighted by Crippen LogP contribution is -2.36. The van der Waals surface area contributed by atoms with Crippen molar-refractivity contribution in [1.29, 1.82) is 10.5 Å². The quantitative estimate of drug-likeness (QED) is 0.563. The molecule has 1 aliphatic rings. The van der Waals surface area contributed by atoms with E-state index in [0.29, 0.717) is 48.3 Å². The van der Waals surface area contributed by atoms with Gasteiger partial charge in [-0.15, -0.1) is 0 Å². The molecule has 1 aliphatic heterocycles. The number of anilines is 2. The van der Waals surface area contributed by atoms with Crippen molar-refractivity contribution in [3.63, 3.8) is 0 Å². The van der Waals surface area contributed by atoms with Crippen molar-refractivity contribution in [3.05, 3.63) is 58.6 Å². The van der Waals surface area contributed by atoms with E-state index in [2.05, 4.69) is 10.2 Å². The number of rotatable bonds is 6. The normalized spacial score (nSPS) is 13.8. The van der Waals surface area contributed by atoms with Crippen LogP contribution in [-0.4, -0.2) is 38.8 Å². The molecule has 0 saturated carbocycles. The Morgan fingerprint density at radius 1 is 1.23 bits per heavy atom. The van der Waals surface area contributed by atoms with Gasteiger partial charge in [-0.2, -0.15) is 10.5 Å². The fraction of sp³-hybridized carbons (Fsp3) is 0.227. The number of carbonyl (C=O) groups is 1. The van der Waals surface area contributed by atoms with Gasteiger partial charge in [0, 0.05) is 23.7 Å². The lowest BCUT2D eigenvalue weighted by Gasteiger charge is -2.30. The number of amides is 1. The highest BCUT2D eigenvalue weighted by molar-refractivity contribution is 6.31. The van der Waals surface area contributed by atoms with Gasteiger partial charge in [-0.3, -0.25) is 4.79 Å². The number of halogens is 1. The first-order valence-electron chi connectivity index (χ1n) is 9.26. The van der Waals surface area contributed by atoms with Gasteiger partial charge in [0.25, 0.3) is 5.91 Å². The van der Waals surface area contributed by atoms with E-state index in [-0.39, 0.29) is 12.2 Å². The zero-order valence-electron chi connectivity index (χ0n) is 16.1. The number of nitrogens with one attached hydrogen (secondary N) is 1. The third kappa shape index (κ3) is 5.30. The van der Waals surface area contributed by atoms with E-state index in [0.717, 1.165) is 5.69 Å². The Labute approximate surface area is 179 Å². The summed E-state index contributed by atoms with van der Waals surface area (Å²) in [5.41, 5.74) is 1.76. The lowest BCUT2D eigenvalue weighted by molar-refractivity contribution is -0.112. The highest BCUT2D eigenvalue weighted by Gasteiger charge is 2.18. The van der Waals surface area contributed by atoms with Crippen LogP contribution in [0.5, 0.6) is 5.75 Å². The van der Waals surface area contributed by atoms with Crippen LogP contribution in [0.3, 0.4) is 0 Å². The first kappa shape index (κ1) is 21.2. The summed E-state index contributed by atoms with van der Waals surface area (Å²) in [7, 11) is 0. The Kier molecular flexibility index (Phi) is 7.29. The van der Waals surface area contributed by atoms with Gasteiger partial charge >= 0.3 is 0 Å². The van der Waals surface area contributed by atoms with Crippen LogP contribution >= 0.6 is 11.6 Å². The molecule has 1 fully saturated rings. The molecule has 1 amide bonds. The zero-order chi connectivity index (χ0) is 21.3. The molecule has 2 aromatic carbocycles. The monoisotopic (exact) mass is 422 g/mol. The van der Waals surface area contributed by atoms with Gasteiger partial charge in [0.1, 0.15) is 23.5 Å². The van der Waals surface area contributed by atoms with Gasteiger partial charge in [-0.1, -0.05) is 29.8 Å². The van der Waals surface area contributed by atoms with E-state index in [1.54, 1.807) is 36.4 Å². The Morgan fingerprint density at radius 2 is 2.00 bits per heavy atom. The van der Waals surface area contributed by atoms with Crippen LogP contribution in [-0.2, 0) is 9.53 Å². The predicted octanol–water partition coefficient (Wildman–Crippen LogP) is 3.62. The third-order valence-corrected chi connectivity index (χ3v) is 4.67. The summed E-state index contributed by atoms with van der Waals surface area (Å²) in [6, 6.07) is 16.0. The fourth-order valence-corrected chi connectivity index (χ4v) is 3.20. The van der Waals surface area contributed by atoms with Crippen LogP contribution in [0.1, 0.15) is 5.56 Å². The maximum absolute atomic E-state index is 12.8. The van der Waals surface area contributed by atoms with Crippen LogP contribution in [0.2, 0.25) is 5.02 Å². The highest BCUT2D eigenvalue weighted by atomic mass is 35.5. The van der Waals surface area contributed by atoms with Gasteiger partial charge in [0.05, 0.1) is 24.6 Å². The molecule has 3 rings (SSSR count). The van der Waals surface area contributed by atoms with Crippen LogP contribution in [0.15, 0.2) is 48.0 Å². The minimum Gasteiger partial charge on any atom is -0.478 e. The van der Waals surface area contributed by atoms with E-state index in [4.69, 9.17) is 26.3 Å². The number of nitriles is 2. The molecular formula is C22H19ClN4O3. The number of nitrogens with zero attached hydrogens (tertiary/aromatic N) is 3. The molecule has 30 heavy (non-hydrogen) atoms. The molecule has 1 heterocycles. The second-order valence-corrected chi connectivity index (χ2v) is 6.81. The number of hydrogen-bond donors (Lipinski definition) is 1. The second-order valence-electron chi connectivity index (χ2n) is 6.37. The molecule has 0 spiro atoms. The van der Waals surface area contributed by atoms with E-state index in [1.807, 2.05) is 18.2 Å². The van der Waals surface area contributed by atoms with Crippen molar-refractivity contribution in [3.8, 4) is 17.9 Å². The number of ether oxygens (including phenoxy) is 2. The molecule has 1 N–H and O–H groups in total. The minimum absolute atomic E-state index is 0.101. The Morgan fingerprint density at radius 3 is 2.73 bits per heavy atom. The van der Waals surface area contributed by atoms with Crippen LogP contribution < -0.4 is 15.0 Å². The summed E-state index contributed by atoms with van der Waals surface area (Å²) in [4.78, 5) is 14.9. The summed E-state index contributed by atoms with van der Waals surface area (Å²) in [5.74, 6) is -0.152. The minimum atomic E-state index is -0.565. The van der Waals surface area contributed by atoms with E-state index in [1.165, 1.54) is 6.08 Å². The number of carbonyl (C=O) groups excluding carboxylic acids is 1. The molecular weight excluding hydrogens is 404 g/mol. The largest absolute Gasteiger partial charge is 0.478 e. The van der Waals surface area contributed by atoms with Crippen molar-refractivity contribution >= 4 is 35.0 Å². The van der Waals surface area contributed by atoms with Gasteiger partial charge in [-0.25, -0.2) is 0 Å². The van der Waals surface area contributed by atoms with E-state index < -0.39 is 5.91 Å². The van der Waals surface area contributed by atoms with E-state index in [9.17, 15) is 10.1 Å². The molecule has 0 bridgehead atoms. The predicted molar refractivity (Wildman–Crippen MR) is 114 cm³/mol. The molecule has 8 heteroatoms. The SMILES string of the molecule is N#CCOc1ccccc1/C=C(\C#N)C(=O)Nc1cc(Cl)ccc1N1CCOCC1.